The van der Waals surface area contributed by atoms with Gasteiger partial charge in [0, 0.05) is 17.7 Å². The van der Waals surface area contributed by atoms with Crippen molar-refractivity contribution >= 4 is 23.0 Å². The van der Waals surface area contributed by atoms with E-state index in [2.05, 4.69) is 0 Å². The number of anilines is 1. The van der Waals surface area contributed by atoms with Crippen LogP contribution in [0.25, 0.3) is 5.57 Å². The van der Waals surface area contributed by atoms with Crippen LogP contribution in [-0.2, 0) is 4.79 Å². The van der Waals surface area contributed by atoms with Crippen LogP contribution in [0.15, 0.2) is 60.7 Å². The number of rotatable bonds is 4. The second-order valence-electron chi connectivity index (χ2n) is 5.26. The van der Waals surface area contributed by atoms with Gasteiger partial charge in [-0.2, -0.15) is 0 Å². The van der Waals surface area contributed by atoms with Crippen molar-refractivity contribution < 1.29 is 9.59 Å². The summed E-state index contributed by atoms with van der Waals surface area (Å²) >= 11 is 0. The van der Waals surface area contributed by atoms with E-state index in [-0.39, 0.29) is 11.7 Å². The topological polar surface area (TPSA) is 37.4 Å². The number of ketones is 1. The van der Waals surface area contributed by atoms with E-state index in [9.17, 15) is 9.59 Å². The van der Waals surface area contributed by atoms with E-state index in [0.29, 0.717) is 17.7 Å². The summed E-state index contributed by atoms with van der Waals surface area (Å²) < 4.78 is 0. The minimum Gasteiger partial charge on any atom is -0.308 e. The van der Waals surface area contributed by atoms with Crippen molar-refractivity contribution in [2.45, 2.75) is 13.3 Å². The van der Waals surface area contributed by atoms with Crippen LogP contribution in [-0.4, -0.2) is 18.2 Å². The first-order chi connectivity index (χ1) is 10.7. The van der Waals surface area contributed by atoms with Gasteiger partial charge in [0.15, 0.2) is 5.78 Å². The number of hydrogen-bond acceptors (Lipinski definition) is 2. The highest BCUT2D eigenvalue weighted by Crippen LogP contribution is 2.36. The molecule has 0 saturated carbocycles. The Bertz CT molecular complexity index is 747. The van der Waals surface area contributed by atoms with E-state index < -0.39 is 0 Å². The average Bonchev–Trinajstić information content (AvgIpc) is 2.82. The smallest absolute Gasteiger partial charge is 0.259 e. The Balaban J connectivity index is 2.02. The molecule has 0 unspecified atom stereocenters. The minimum atomic E-state index is -0.142. The Morgan fingerprint density at radius 2 is 1.73 bits per heavy atom. The van der Waals surface area contributed by atoms with E-state index in [1.54, 1.807) is 17.0 Å². The van der Waals surface area contributed by atoms with Crippen LogP contribution in [0.2, 0.25) is 0 Å². The van der Waals surface area contributed by atoms with Gasteiger partial charge in [0.25, 0.3) is 5.91 Å². The predicted octanol–water partition coefficient (Wildman–Crippen LogP) is 3.71. The quantitative estimate of drug-likeness (QED) is 0.636. The highest BCUT2D eigenvalue weighted by atomic mass is 16.2. The van der Waals surface area contributed by atoms with E-state index in [4.69, 9.17) is 0 Å². The lowest BCUT2D eigenvalue weighted by Crippen LogP contribution is -2.27. The molecule has 0 N–H and O–H groups in total. The molecule has 3 heteroatoms. The number of para-hydroxylation sites is 1. The van der Waals surface area contributed by atoms with Crippen LogP contribution in [0, 0.1) is 0 Å². The molecule has 0 atom stereocenters. The second-order valence-corrected chi connectivity index (χ2v) is 5.26. The number of amides is 1. The summed E-state index contributed by atoms with van der Waals surface area (Å²) in [6.07, 6.45) is 2.34. The summed E-state index contributed by atoms with van der Waals surface area (Å²) in [4.78, 5) is 26.7. The van der Waals surface area contributed by atoms with E-state index in [1.165, 1.54) is 6.08 Å². The third-order valence-corrected chi connectivity index (χ3v) is 3.74. The fourth-order valence-electron chi connectivity index (χ4n) is 2.71. The standard InChI is InChI=1S/C19H17NO2/c1-2-12-20-17-11-7-6-10-15(17)16(19(20)22)13-18(21)14-8-4-3-5-9-14/h3-11,13H,2,12H2,1H3. The van der Waals surface area contributed by atoms with Crippen LogP contribution in [0.1, 0.15) is 29.3 Å². The van der Waals surface area contributed by atoms with Gasteiger partial charge in [-0.05, 0) is 18.6 Å². The summed E-state index contributed by atoms with van der Waals surface area (Å²) in [6, 6.07) is 16.6. The van der Waals surface area contributed by atoms with Crippen molar-refractivity contribution in [3.05, 3.63) is 71.8 Å². The van der Waals surface area contributed by atoms with E-state index in [1.807, 2.05) is 49.4 Å². The molecule has 0 spiro atoms. The van der Waals surface area contributed by atoms with Gasteiger partial charge in [-0.3, -0.25) is 9.59 Å². The van der Waals surface area contributed by atoms with Gasteiger partial charge in [0.1, 0.15) is 0 Å². The number of nitrogens with zero attached hydrogens (tertiary/aromatic N) is 1. The van der Waals surface area contributed by atoms with Crippen LogP contribution in [0.3, 0.4) is 0 Å². The van der Waals surface area contributed by atoms with Crippen molar-refractivity contribution in [3.8, 4) is 0 Å². The van der Waals surface area contributed by atoms with Gasteiger partial charge in [-0.1, -0.05) is 55.5 Å². The highest BCUT2D eigenvalue weighted by Gasteiger charge is 2.31. The largest absolute Gasteiger partial charge is 0.308 e. The summed E-state index contributed by atoms with van der Waals surface area (Å²) in [5, 5.41) is 0. The number of carbonyl (C=O) groups is 2. The summed E-state index contributed by atoms with van der Waals surface area (Å²) in [6.45, 7) is 2.69. The average molecular weight is 291 g/mol. The number of carbonyl (C=O) groups excluding carboxylic acids is 2. The summed E-state index contributed by atoms with van der Waals surface area (Å²) in [7, 11) is 0. The molecule has 0 aliphatic carbocycles. The van der Waals surface area contributed by atoms with Crippen LogP contribution < -0.4 is 4.90 Å². The molecule has 1 aliphatic rings. The first-order valence-electron chi connectivity index (χ1n) is 7.44. The zero-order valence-electron chi connectivity index (χ0n) is 12.5. The SMILES string of the molecule is CCCN1C(=O)C(=CC(=O)c2ccccc2)c2ccccc21. The maximum absolute atomic E-state index is 12.6. The fraction of sp³-hybridized carbons (Fsp3) is 0.158. The zero-order valence-corrected chi connectivity index (χ0v) is 12.5. The molecule has 2 aromatic rings. The first kappa shape index (κ1) is 14.3. The normalized spacial score (nSPS) is 15.2. The minimum absolute atomic E-state index is 0.0904. The maximum atomic E-state index is 12.6. The summed E-state index contributed by atoms with van der Waals surface area (Å²) in [5.74, 6) is -0.232. The molecule has 0 saturated heterocycles. The molecule has 22 heavy (non-hydrogen) atoms. The molecule has 1 aliphatic heterocycles. The fourth-order valence-corrected chi connectivity index (χ4v) is 2.71. The number of benzene rings is 2. The molecule has 110 valence electrons. The van der Waals surface area contributed by atoms with Gasteiger partial charge in [-0.15, -0.1) is 0 Å². The Morgan fingerprint density at radius 1 is 1.05 bits per heavy atom. The third kappa shape index (κ3) is 2.46. The molecule has 3 rings (SSSR count). The Hall–Kier alpha value is -2.68. The molecule has 0 bridgehead atoms. The van der Waals surface area contributed by atoms with Gasteiger partial charge < -0.3 is 4.90 Å². The van der Waals surface area contributed by atoms with Crippen LogP contribution >= 0.6 is 0 Å². The van der Waals surface area contributed by atoms with Crippen molar-refractivity contribution in [1.82, 2.24) is 0 Å². The monoisotopic (exact) mass is 291 g/mol. The Labute approximate surface area is 129 Å². The lowest BCUT2D eigenvalue weighted by molar-refractivity contribution is -0.113. The van der Waals surface area contributed by atoms with E-state index >= 15 is 0 Å². The number of hydrogen-bond donors (Lipinski definition) is 0. The first-order valence-corrected chi connectivity index (χ1v) is 7.44. The predicted molar refractivity (Wildman–Crippen MR) is 87.8 cm³/mol. The molecule has 1 heterocycles. The second kappa shape index (κ2) is 5.98. The van der Waals surface area contributed by atoms with E-state index in [0.717, 1.165) is 17.7 Å². The molecule has 3 nitrogen and oxygen atoms in total. The number of fused-ring (bicyclic) bond motifs is 1. The van der Waals surface area contributed by atoms with Crippen molar-refractivity contribution in [3.63, 3.8) is 0 Å². The molecule has 2 aromatic carbocycles. The molecule has 0 aromatic heterocycles. The molecular formula is C19H17NO2. The lowest BCUT2D eigenvalue weighted by Gasteiger charge is -2.15. The van der Waals surface area contributed by atoms with Gasteiger partial charge in [-0.25, -0.2) is 0 Å². The molecule has 1 amide bonds. The third-order valence-electron chi connectivity index (χ3n) is 3.74. The zero-order chi connectivity index (χ0) is 15.5. The van der Waals surface area contributed by atoms with Crippen molar-refractivity contribution in [1.29, 1.82) is 0 Å². The van der Waals surface area contributed by atoms with Crippen LogP contribution in [0.5, 0.6) is 0 Å². The number of allylic oxidation sites excluding steroid dienone is 1. The van der Waals surface area contributed by atoms with Gasteiger partial charge in [0.05, 0.1) is 11.3 Å². The van der Waals surface area contributed by atoms with Crippen molar-refractivity contribution in [2.24, 2.45) is 0 Å². The molecule has 0 radical (unpaired) electrons. The molecular weight excluding hydrogens is 274 g/mol. The summed E-state index contributed by atoms with van der Waals surface area (Å²) in [5.41, 5.74) is 2.80. The Morgan fingerprint density at radius 3 is 2.45 bits per heavy atom. The highest BCUT2D eigenvalue weighted by molar-refractivity contribution is 6.35. The maximum Gasteiger partial charge on any atom is 0.259 e. The van der Waals surface area contributed by atoms with Crippen molar-refractivity contribution in [2.75, 3.05) is 11.4 Å². The lowest BCUT2D eigenvalue weighted by atomic mass is 10.0. The molecule has 0 fully saturated rings. The Kier molecular flexibility index (Phi) is 3.88. The van der Waals surface area contributed by atoms with Gasteiger partial charge >= 0.3 is 0 Å². The van der Waals surface area contributed by atoms with Gasteiger partial charge in [0.2, 0.25) is 0 Å². The van der Waals surface area contributed by atoms with Crippen LogP contribution in [0.4, 0.5) is 5.69 Å².